The van der Waals surface area contributed by atoms with Crippen molar-refractivity contribution in [1.29, 1.82) is 0 Å². The molecule has 47 heavy (non-hydrogen) atoms. The van der Waals surface area contributed by atoms with E-state index >= 15 is 0 Å². The lowest BCUT2D eigenvalue weighted by Gasteiger charge is -2.34. The highest BCUT2D eigenvalue weighted by Crippen LogP contribution is 2.36. The molecule has 4 aromatic carbocycles. The number of ether oxygens (including phenoxy) is 2. The number of anilines is 1. The molecule has 0 saturated heterocycles. The summed E-state index contributed by atoms with van der Waals surface area (Å²) < 4.78 is 40.8. The highest BCUT2D eigenvalue weighted by molar-refractivity contribution is 7.92. The maximum atomic E-state index is 14.7. The van der Waals surface area contributed by atoms with Gasteiger partial charge in [0, 0.05) is 25.1 Å². The predicted octanol–water partition coefficient (Wildman–Crippen LogP) is 5.68. The Balaban J connectivity index is 1.86. The summed E-state index contributed by atoms with van der Waals surface area (Å²) >= 11 is 0. The topological polar surface area (TPSA) is 105 Å². The van der Waals surface area contributed by atoms with Crippen LogP contribution in [0, 0.1) is 13.8 Å². The second-order valence-electron chi connectivity index (χ2n) is 11.7. The molecule has 2 amide bonds. The van der Waals surface area contributed by atoms with E-state index < -0.39 is 28.5 Å². The Kier molecular flexibility index (Phi) is 11.7. The Bertz CT molecular complexity index is 1760. The Morgan fingerprint density at radius 2 is 1.40 bits per heavy atom. The minimum atomic E-state index is -4.31. The number of nitrogens with one attached hydrogen (secondary N) is 1. The summed E-state index contributed by atoms with van der Waals surface area (Å²) in [7, 11) is -1.41. The number of rotatable bonds is 14. The van der Waals surface area contributed by atoms with E-state index in [1.165, 1.54) is 37.3 Å². The molecule has 0 aliphatic heterocycles. The zero-order valence-electron chi connectivity index (χ0n) is 27.8. The van der Waals surface area contributed by atoms with Gasteiger partial charge >= 0.3 is 0 Å². The van der Waals surface area contributed by atoms with Crippen molar-refractivity contribution in [1.82, 2.24) is 10.2 Å². The number of aryl methyl sites for hydroxylation is 2. The fourth-order valence-electron chi connectivity index (χ4n) is 5.17. The average Bonchev–Trinajstić information content (AvgIpc) is 3.06. The van der Waals surface area contributed by atoms with Gasteiger partial charge in [0.15, 0.2) is 0 Å². The van der Waals surface area contributed by atoms with Gasteiger partial charge in [-0.15, -0.1) is 0 Å². The summed E-state index contributed by atoms with van der Waals surface area (Å²) in [5, 5.41) is 2.97. The number of carbonyl (C=O) groups is 2. The van der Waals surface area contributed by atoms with Crippen molar-refractivity contribution in [3.63, 3.8) is 0 Å². The molecule has 0 unspecified atom stereocenters. The maximum absolute atomic E-state index is 14.7. The van der Waals surface area contributed by atoms with E-state index in [1.54, 1.807) is 24.3 Å². The molecular weight excluding hydrogens is 614 g/mol. The fraction of sp³-hybridized carbons (Fsp3) is 0.297. The van der Waals surface area contributed by atoms with Crippen LogP contribution in [0.5, 0.6) is 11.5 Å². The molecule has 0 aromatic heterocycles. The van der Waals surface area contributed by atoms with E-state index in [0.29, 0.717) is 5.75 Å². The van der Waals surface area contributed by atoms with Crippen LogP contribution < -0.4 is 19.1 Å². The first-order valence-electron chi connectivity index (χ1n) is 15.4. The molecule has 0 heterocycles. The predicted molar refractivity (Wildman–Crippen MR) is 184 cm³/mol. The Morgan fingerprint density at radius 1 is 0.787 bits per heavy atom. The summed E-state index contributed by atoms with van der Waals surface area (Å²) in [5.41, 5.74) is 3.71. The summed E-state index contributed by atoms with van der Waals surface area (Å²) in [6.07, 6.45) is 0.226. The van der Waals surface area contributed by atoms with Gasteiger partial charge in [-0.2, -0.15) is 0 Å². The fourth-order valence-corrected chi connectivity index (χ4v) is 6.58. The van der Waals surface area contributed by atoms with Gasteiger partial charge in [-0.05, 0) is 63.1 Å². The van der Waals surface area contributed by atoms with Gasteiger partial charge in [-0.1, -0.05) is 77.9 Å². The molecule has 1 atom stereocenters. The first-order valence-corrected chi connectivity index (χ1v) is 16.9. The first-order chi connectivity index (χ1) is 22.4. The van der Waals surface area contributed by atoms with E-state index in [0.717, 1.165) is 26.6 Å². The molecule has 0 aliphatic rings. The van der Waals surface area contributed by atoms with Gasteiger partial charge in [-0.3, -0.25) is 13.9 Å². The molecule has 248 valence electrons. The number of carbonyl (C=O) groups excluding carboxylic acids is 2. The largest absolute Gasteiger partial charge is 0.497 e. The number of amides is 2. The number of benzene rings is 4. The highest BCUT2D eigenvalue weighted by Gasteiger charge is 2.36. The standard InChI is InChI=1S/C37H43N3O6S/c1-26(2)38-37(42)34(22-29-10-8-7-9-11-29)39(24-30-16-12-27(3)13-17-30)36(41)25-40(33-23-31(45-5)18-21-35(33)46-6)47(43,44)32-19-14-28(4)15-20-32/h7-21,23,26,34H,22,24-25H2,1-6H3,(H,38,42)/t34-/m0/s1. The SMILES string of the molecule is COc1ccc(OC)c(N(CC(=O)N(Cc2ccc(C)cc2)[C@@H](Cc2ccccc2)C(=O)NC(C)C)S(=O)(=O)c2ccc(C)cc2)c1. The van der Waals surface area contributed by atoms with E-state index in [2.05, 4.69) is 5.32 Å². The molecule has 10 heteroatoms. The Hall–Kier alpha value is -4.83. The van der Waals surface area contributed by atoms with E-state index in [1.807, 2.05) is 82.3 Å². The second-order valence-corrected chi connectivity index (χ2v) is 13.6. The van der Waals surface area contributed by atoms with Crippen LogP contribution >= 0.6 is 0 Å². The number of methoxy groups -OCH3 is 2. The molecule has 0 saturated carbocycles. The van der Waals surface area contributed by atoms with Gasteiger partial charge in [0.05, 0.1) is 24.8 Å². The van der Waals surface area contributed by atoms with Crippen molar-refractivity contribution in [2.45, 2.75) is 57.6 Å². The highest BCUT2D eigenvalue weighted by atomic mass is 32.2. The van der Waals surface area contributed by atoms with Gasteiger partial charge in [0.2, 0.25) is 11.8 Å². The molecule has 9 nitrogen and oxygen atoms in total. The molecule has 0 bridgehead atoms. The third kappa shape index (κ3) is 8.92. The number of nitrogens with zero attached hydrogens (tertiary/aromatic N) is 2. The van der Waals surface area contributed by atoms with E-state index in [4.69, 9.17) is 9.47 Å². The van der Waals surface area contributed by atoms with Crippen molar-refractivity contribution in [2.75, 3.05) is 25.1 Å². The third-order valence-electron chi connectivity index (χ3n) is 7.72. The van der Waals surface area contributed by atoms with Crippen molar-refractivity contribution in [3.8, 4) is 11.5 Å². The normalized spacial score (nSPS) is 11.9. The molecule has 4 rings (SSSR count). The van der Waals surface area contributed by atoms with Crippen molar-refractivity contribution in [3.05, 3.63) is 119 Å². The molecule has 0 radical (unpaired) electrons. The second kappa shape index (κ2) is 15.6. The lowest BCUT2D eigenvalue weighted by Crippen LogP contribution is -2.54. The summed E-state index contributed by atoms with van der Waals surface area (Å²) in [6, 6.07) is 27.2. The molecular formula is C37H43N3O6S. The van der Waals surface area contributed by atoms with Crippen LogP contribution in [-0.2, 0) is 32.6 Å². The average molecular weight is 658 g/mol. The van der Waals surface area contributed by atoms with Gasteiger partial charge in [0.25, 0.3) is 10.0 Å². The molecule has 4 aromatic rings. The Morgan fingerprint density at radius 3 is 1.98 bits per heavy atom. The molecule has 0 fully saturated rings. The summed E-state index contributed by atoms with van der Waals surface area (Å²) in [5.74, 6) is -0.285. The monoisotopic (exact) mass is 657 g/mol. The lowest BCUT2D eigenvalue weighted by atomic mass is 10.0. The van der Waals surface area contributed by atoms with Crippen molar-refractivity contribution < 1.29 is 27.5 Å². The van der Waals surface area contributed by atoms with Gasteiger partial charge in [-0.25, -0.2) is 8.42 Å². The van der Waals surface area contributed by atoms with Crippen LogP contribution in [-0.4, -0.2) is 58.0 Å². The smallest absolute Gasteiger partial charge is 0.264 e. The van der Waals surface area contributed by atoms with Crippen LogP contribution in [0.3, 0.4) is 0 Å². The van der Waals surface area contributed by atoms with Crippen LogP contribution in [0.1, 0.15) is 36.1 Å². The Labute approximate surface area is 278 Å². The van der Waals surface area contributed by atoms with Gasteiger partial charge in [0.1, 0.15) is 24.1 Å². The quantitative estimate of drug-likeness (QED) is 0.187. The number of sulfonamides is 1. The maximum Gasteiger partial charge on any atom is 0.264 e. The molecule has 0 aliphatic carbocycles. The van der Waals surface area contributed by atoms with Crippen LogP contribution in [0.25, 0.3) is 0 Å². The molecule has 0 spiro atoms. The summed E-state index contributed by atoms with van der Waals surface area (Å²) in [6.45, 7) is 7.02. The van der Waals surface area contributed by atoms with Gasteiger partial charge < -0.3 is 19.7 Å². The van der Waals surface area contributed by atoms with Crippen LogP contribution in [0.15, 0.2) is 102 Å². The van der Waals surface area contributed by atoms with Crippen molar-refractivity contribution in [2.24, 2.45) is 0 Å². The molecule has 1 N–H and O–H groups in total. The number of hydrogen-bond donors (Lipinski definition) is 1. The van der Waals surface area contributed by atoms with E-state index in [9.17, 15) is 18.0 Å². The lowest BCUT2D eigenvalue weighted by molar-refractivity contribution is -0.140. The number of hydrogen-bond acceptors (Lipinski definition) is 6. The van der Waals surface area contributed by atoms with Crippen molar-refractivity contribution >= 4 is 27.5 Å². The zero-order valence-corrected chi connectivity index (χ0v) is 28.6. The van der Waals surface area contributed by atoms with E-state index in [-0.39, 0.29) is 41.2 Å². The minimum absolute atomic E-state index is 0.00393. The minimum Gasteiger partial charge on any atom is -0.497 e. The zero-order chi connectivity index (χ0) is 34.1. The first kappa shape index (κ1) is 35.0. The van der Waals surface area contributed by atoms with Crippen LogP contribution in [0.2, 0.25) is 0 Å². The summed E-state index contributed by atoms with van der Waals surface area (Å²) in [4.78, 5) is 30.0. The van der Waals surface area contributed by atoms with Crippen LogP contribution in [0.4, 0.5) is 5.69 Å². The third-order valence-corrected chi connectivity index (χ3v) is 9.49.